The van der Waals surface area contributed by atoms with E-state index in [2.05, 4.69) is 5.10 Å². The Bertz CT molecular complexity index is 467. The monoisotopic (exact) mass is 237 g/mol. The number of carboxylic acid groups (broad SMARTS) is 1. The van der Waals surface area contributed by atoms with E-state index in [1.807, 2.05) is 20.2 Å². The molecule has 2 heterocycles. The summed E-state index contributed by atoms with van der Waals surface area (Å²) < 4.78 is 1.69. The highest BCUT2D eigenvalue weighted by Gasteiger charge is 2.34. The second-order valence-corrected chi connectivity index (χ2v) is 4.43. The number of likely N-dealkylation sites (tertiary alicyclic amines) is 1. The Kier molecular flexibility index (Phi) is 2.87. The molecule has 1 amide bonds. The maximum absolute atomic E-state index is 11.6. The third kappa shape index (κ3) is 2.30. The highest BCUT2D eigenvalue weighted by Crippen LogP contribution is 2.21. The lowest BCUT2D eigenvalue weighted by Gasteiger charge is -2.15. The number of nitrogens with zero attached hydrogens (tertiary/aromatic N) is 3. The molecule has 6 nitrogen and oxygen atoms in total. The van der Waals surface area contributed by atoms with Crippen LogP contribution < -0.4 is 0 Å². The predicted molar refractivity (Wildman–Crippen MR) is 59.1 cm³/mol. The number of amides is 1. The molecule has 1 saturated heterocycles. The molecule has 17 heavy (non-hydrogen) atoms. The molecule has 1 fully saturated rings. The van der Waals surface area contributed by atoms with Crippen molar-refractivity contribution in [2.24, 2.45) is 13.0 Å². The number of hydrogen-bond acceptors (Lipinski definition) is 3. The third-order valence-electron chi connectivity index (χ3n) is 3.04. The molecule has 1 aliphatic rings. The Labute approximate surface area is 98.8 Å². The van der Waals surface area contributed by atoms with Gasteiger partial charge in [-0.2, -0.15) is 5.10 Å². The maximum atomic E-state index is 11.6. The van der Waals surface area contributed by atoms with Gasteiger partial charge in [-0.1, -0.05) is 0 Å². The molecule has 0 unspecified atom stereocenters. The van der Waals surface area contributed by atoms with Crippen molar-refractivity contribution in [1.82, 2.24) is 14.7 Å². The van der Waals surface area contributed by atoms with Crippen LogP contribution in [0.15, 0.2) is 6.20 Å². The Hall–Kier alpha value is -1.85. The molecule has 1 aromatic rings. The van der Waals surface area contributed by atoms with Crippen molar-refractivity contribution in [2.75, 3.05) is 6.54 Å². The largest absolute Gasteiger partial charge is 0.481 e. The topological polar surface area (TPSA) is 75.4 Å². The lowest BCUT2D eigenvalue weighted by atomic mass is 10.1. The minimum atomic E-state index is -0.899. The molecule has 1 aromatic heterocycles. The van der Waals surface area contributed by atoms with E-state index in [1.54, 1.807) is 9.58 Å². The van der Waals surface area contributed by atoms with Crippen LogP contribution in [0, 0.1) is 12.8 Å². The van der Waals surface area contributed by atoms with Crippen molar-refractivity contribution in [3.8, 4) is 0 Å². The molecule has 0 aliphatic carbocycles. The maximum Gasteiger partial charge on any atom is 0.308 e. The number of hydrogen-bond donors (Lipinski definition) is 1. The van der Waals surface area contributed by atoms with Gasteiger partial charge in [0, 0.05) is 38.3 Å². The van der Waals surface area contributed by atoms with Gasteiger partial charge in [-0.05, 0) is 6.92 Å². The van der Waals surface area contributed by atoms with E-state index >= 15 is 0 Å². The van der Waals surface area contributed by atoms with E-state index in [0.717, 1.165) is 11.3 Å². The van der Waals surface area contributed by atoms with Gasteiger partial charge < -0.3 is 10.0 Å². The molecular weight excluding hydrogens is 222 g/mol. The number of carbonyl (C=O) groups excluding carboxylic acids is 1. The molecule has 0 aromatic carbocycles. The summed E-state index contributed by atoms with van der Waals surface area (Å²) in [6.45, 7) is 2.62. The molecular formula is C11H15N3O3. The van der Waals surface area contributed by atoms with Crippen molar-refractivity contribution in [3.05, 3.63) is 17.5 Å². The SMILES string of the molecule is Cc1nn(C)cc1CN1C[C@@H](C(=O)O)CC1=O. The van der Waals surface area contributed by atoms with E-state index in [-0.39, 0.29) is 12.3 Å². The lowest BCUT2D eigenvalue weighted by molar-refractivity contribution is -0.141. The van der Waals surface area contributed by atoms with Gasteiger partial charge in [0.15, 0.2) is 0 Å². The molecule has 2 rings (SSSR count). The van der Waals surface area contributed by atoms with Gasteiger partial charge in [0.05, 0.1) is 11.6 Å². The first-order valence-corrected chi connectivity index (χ1v) is 5.47. The Balaban J connectivity index is 2.07. The van der Waals surface area contributed by atoms with Crippen LogP contribution >= 0.6 is 0 Å². The number of aliphatic carboxylic acids is 1. The second-order valence-electron chi connectivity index (χ2n) is 4.43. The molecule has 1 atom stereocenters. The van der Waals surface area contributed by atoms with Crippen LogP contribution in [0.2, 0.25) is 0 Å². The van der Waals surface area contributed by atoms with Crippen LogP contribution in [0.5, 0.6) is 0 Å². The normalized spacial score (nSPS) is 20.0. The van der Waals surface area contributed by atoms with Crippen molar-refractivity contribution in [2.45, 2.75) is 19.9 Å². The van der Waals surface area contributed by atoms with Crippen molar-refractivity contribution in [1.29, 1.82) is 0 Å². The lowest BCUT2D eigenvalue weighted by Crippen LogP contribution is -2.25. The molecule has 6 heteroatoms. The fraction of sp³-hybridized carbons (Fsp3) is 0.545. The standard InChI is InChI=1S/C11H15N3O3/c1-7-9(4-13(2)12-7)6-14-5-8(11(16)17)3-10(14)15/h4,8H,3,5-6H2,1-2H3,(H,16,17)/t8-/m0/s1. The zero-order valence-corrected chi connectivity index (χ0v) is 9.88. The van der Waals surface area contributed by atoms with Gasteiger partial charge in [0.2, 0.25) is 5.91 Å². The first kappa shape index (κ1) is 11.6. The average Bonchev–Trinajstić information content (AvgIpc) is 2.73. The van der Waals surface area contributed by atoms with Gasteiger partial charge in [0.25, 0.3) is 0 Å². The summed E-state index contributed by atoms with van der Waals surface area (Å²) in [6, 6.07) is 0. The summed E-state index contributed by atoms with van der Waals surface area (Å²) in [5.74, 6) is -1.57. The highest BCUT2D eigenvalue weighted by molar-refractivity contribution is 5.86. The zero-order chi connectivity index (χ0) is 12.6. The fourth-order valence-corrected chi connectivity index (χ4v) is 2.10. The summed E-state index contributed by atoms with van der Waals surface area (Å²) in [5, 5.41) is 13.1. The highest BCUT2D eigenvalue weighted by atomic mass is 16.4. The van der Waals surface area contributed by atoms with Gasteiger partial charge in [-0.25, -0.2) is 0 Å². The van der Waals surface area contributed by atoms with Gasteiger partial charge in [-0.15, -0.1) is 0 Å². The van der Waals surface area contributed by atoms with E-state index in [9.17, 15) is 9.59 Å². The summed E-state index contributed by atoms with van der Waals surface area (Å²) >= 11 is 0. The van der Waals surface area contributed by atoms with Crippen molar-refractivity contribution >= 4 is 11.9 Å². The molecule has 0 saturated carbocycles. The van der Waals surface area contributed by atoms with Gasteiger partial charge >= 0.3 is 5.97 Å². The number of aryl methyl sites for hydroxylation is 2. The zero-order valence-electron chi connectivity index (χ0n) is 9.88. The summed E-state index contributed by atoms with van der Waals surface area (Å²) in [6.07, 6.45) is 1.96. The number of rotatable bonds is 3. The molecule has 0 radical (unpaired) electrons. The summed E-state index contributed by atoms with van der Waals surface area (Å²) in [5.41, 5.74) is 1.84. The fourth-order valence-electron chi connectivity index (χ4n) is 2.10. The van der Waals surface area contributed by atoms with Crippen molar-refractivity contribution in [3.63, 3.8) is 0 Å². The van der Waals surface area contributed by atoms with E-state index < -0.39 is 11.9 Å². The van der Waals surface area contributed by atoms with Crippen LogP contribution in [0.25, 0.3) is 0 Å². The Morgan fingerprint density at radius 2 is 2.35 bits per heavy atom. The third-order valence-corrected chi connectivity index (χ3v) is 3.04. The van der Waals surface area contributed by atoms with Gasteiger partial charge in [0.1, 0.15) is 0 Å². The van der Waals surface area contributed by atoms with Crippen LogP contribution in [0.4, 0.5) is 0 Å². The smallest absolute Gasteiger partial charge is 0.308 e. The minimum absolute atomic E-state index is 0.0966. The van der Waals surface area contributed by atoms with Crippen molar-refractivity contribution < 1.29 is 14.7 Å². The first-order chi connectivity index (χ1) is 7.97. The first-order valence-electron chi connectivity index (χ1n) is 5.47. The summed E-state index contributed by atoms with van der Waals surface area (Å²) in [4.78, 5) is 24.1. The molecule has 1 N–H and O–H groups in total. The van der Waals surface area contributed by atoms with E-state index in [4.69, 9.17) is 5.11 Å². The number of carbonyl (C=O) groups is 2. The van der Waals surface area contributed by atoms with Crippen LogP contribution in [-0.2, 0) is 23.2 Å². The van der Waals surface area contributed by atoms with Crippen LogP contribution in [-0.4, -0.2) is 38.2 Å². The predicted octanol–water partition coefficient (Wildman–Crippen LogP) is 0.162. The Morgan fingerprint density at radius 3 is 2.82 bits per heavy atom. The average molecular weight is 237 g/mol. The van der Waals surface area contributed by atoms with Crippen LogP contribution in [0.3, 0.4) is 0 Å². The molecule has 0 bridgehead atoms. The molecule has 0 spiro atoms. The van der Waals surface area contributed by atoms with E-state index in [1.165, 1.54) is 0 Å². The molecule has 1 aliphatic heterocycles. The van der Waals surface area contributed by atoms with Gasteiger partial charge in [-0.3, -0.25) is 14.3 Å². The minimum Gasteiger partial charge on any atom is -0.481 e. The van der Waals surface area contributed by atoms with Crippen LogP contribution in [0.1, 0.15) is 17.7 Å². The quantitative estimate of drug-likeness (QED) is 0.812. The molecule has 92 valence electrons. The van der Waals surface area contributed by atoms with E-state index in [0.29, 0.717) is 13.1 Å². The second kappa shape index (κ2) is 4.20. The summed E-state index contributed by atoms with van der Waals surface area (Å²) in [7, 11) is 1.82. The number of carboxylic acids is 1. The Morgan fingerprint density at radius 1 is 1.65 bits per heavy atom. The number of aromatic nitrogens is 2.